The number of hydrogen-bond donors (Lipinski definition) is 2. The topological polar surface area (TPSA) is 100 Å². The van der Waals surface area contributed by atoms with Crippen molar-refractivity contribution in [2.75, 3.05) is 41.9 Å². The highest BCUT2D eigenvalue weighted by molar-refractivity contribution is 5.94. The van der Waals surface area contributed by atoms with Gasteiger partial charge >= 0.3 is 0 Å². The summed E-state index contributed by atoms with van der Waals surface area (Å²) in [5.74, 6) is 1.38. The van der Waals surface area contributed by atoms with Crippen LogP contribution in [0.25, 0.3) is 10.8 Å². The molecular weight excluding hydrogens is 404 g/mol. The summed E-state index contributed by atoms with van der Waals surface area (Å²) < 4.78 is 5.47. The van der Waals surface area contributed by atoms with Gasteiger partial charge in [-0.25, -0.2) is 5.43 Å². The maximum atomic E-state index is 5.47. The number of ether oxygens (including phenoxy) is 1. The van der Waals surface area contributed by atoms with Gasteiger partial charge in [-0.1, -0.05) is 36.4 Å². The number of anilines is 4. The normalized spacial score (nSPS) is 14.1. The maximum Gasteiger partial charge on any atom is 0.250 e. The number of benzene rings is 2. The van der Waals surface area contributed by atoms with E-state index in [9.17, 15) is 0 Å². The third-order valence-electron chi connectivity index (χ3n) is 5.04. The highest BCUT2D eigenvalue weighted by atomic mass is 16.5. The van der Waals surface area contributed by atoms with E-state index < -0.39 is 0 Å². The molecule has 2 aromatic carbocycles. The van der Waals surface area contributed by atoms with Crippen LogP contribution < -0.4 is 15.6 Å². The zero-order valence-electron chi connectivity index (χ0n) is 17.3. The van der Waals surface area contributed by atoms with Crippen molar-refractivity contribution in [1.82, 2.24) is 19.9 Å². The predicted octanol–water partition coefficient (Wildman–Crippen LogP) is 3.45. The van der Waals surface area contributed by atoms with Crippen LogP contribution in [0, 0.1) is 0 Å². The Kier molecular flexibility index (Phi) is 5.80. The van der Waals surface area contributed by atoms with Crippen molar-refractivity contribution >= 4 is 40.5 Å². The second-order valence-corrected chi connectivity index (χ2v) is 7.18. The molecule has 0 aliphatic carbocycles. The number of morpholine rings is 1. The van der Waals surface area contributed by atoms with Crippen LogP contribution in [0.2, 0.25) is 0 Å². The van der Waals surface area contributed by atoms with E-state index in [1.165, 1.54) is 0 Å². The van der Waals surface area contributed by atoms with E-state index in [1.54, 1.807) is 18.6 Å². The van der Waals surface area contributed by atoms with Crippen LogP contribution in [0.3, 0.4) is 0 Å². The Morgan fingerprint density at radius 1 is 0.875 bits per heavy atom. The van der Waals surface area contributed by atoms with E-state index in [4.69, 9.17) is 4.74 Å². The van der Waals surface area contributed by atoms with E-state index >= 15 is 0 Å². The Labute approximate surface area is 185 Å². The molecule has 3 heterocycles. The zero-order valence-corrected chi connectivity index (χ0v) is 17.3. The molecule has 0 amide bonds. The van der Waals surface area contributed by atoms with E-state index in [0.29, 0.717) is 31.1 Å². The zero-order chi connectivity index (χ0) is 21.6. The average Bonchev–Trinajstić information content (AvgIpc) is 2.85. The van der Waals surface area contributed by atoms with Gasteiger partial charge in [0.2, 0.25) is 17.8 Å². The highest BCUT2D eigenvalue weighted by Gasteiger charge is 2.17. The molecule has 160 valence electrons. The number of hydrazone groups is 1. The first-order valence-electron chi connectivity index (χ1n) is 10.4. The molecule has 1 saturated heterocycles. The molecule has 0 unspecified atom stereocenters. The third kappa shape index (κ3) is 4.62. The number of hydrogen-bond acceptors (Lipinski definition) is 9. The van der Waals surface area contributed by atoms with Gasteiger partial charge in [-0.05, 0) is 29.1 Å². The monoisotopic (exact) mass is 426 g/mol. The number of nitrogens with zero attached hydrogens (tertiary/aromatic N) is 6. The van der Waals surface area contributed by atoms with Gasteiger partial charge in [0.1, 0.15) is 0 Å². The third-order valence-corrected chi connectivity index (χ3v) is 5.04. The lowest BCUT2D eigenvalue weighted by Crippen LogP contribution is -2.37. The Morgan fingerprint density at radius 3 is 2.53 bits per heavy atom. The molecular formula is C23H22N8O. The van der Waals surface area contributed by atoms with Crippen LogP contribution >= 0.6 is 0 Å². The molecule has 2 N–H and O–H groups in total. The van der Waals surface area contributed by atoms with Crippen molar-refractivity contribution in [3.8, 4) is 0 Å². The van der Waals surface area contributed by atoms with E-state index in [1.807, 2.05) is 36.4 Å². The smallest absolute Gasteiger partial charge is 0.250 e. The van der Waals surface area contributed by atoms with Crippen molar-refractivity contribution in [2.45, 2.75) is 0 Å². The second-order valence-electron chi connectivity index (χ2n) is 7.18. The average molecular weight is 426 g/mol. The van der Waals surface area contributed by atoms with Crippen LogP contribution in [-0.2, 0) is 4.74 Å². The van der Waals surface area contributed by atoms with E-state index in [0.717, 1.165) is 35.1 Å². The van der Waals surface area contributed by atoms with Gasteiger partial charge < -0.3 is 15.0 Å². The molecule has 5 rings (SSSR count). The van der Waals surface area contributed by atoms with E-state index in [2.05, 4.69) is 58.9 Å². The predicted molar refractivity (Wildman–Crippen MR) is 126 cm³/mol. The molecule has 2 aromatic heterocycles. The summed E-state index contributed by atoms with van der Waals surface area (Å²) >= 11 is 0. The first-order valence-corrected chi connectivity index (χ1v) is 10.4. The Hall–Kier alpha value is -4.11. The summed E-state index contributed by atoms with van der Waals surface area (Å²) in [5, 5.41) is 9.85. The van der Waals surface area contributed by atoms with Crippen molar-refractivity contribution in [3.63, 3.8) is 0 Å². The summed E-state index contributed by atoms with van der Waals surface area (Å²) in [5.41, 5.74) is 4.77. The first-order chi connectivity index (χ1) is 15.8. The first kappa shape index (κ1) is 19.8. The minimum atomic E-state index is 0.356. The summed E-state index contributed by atoms with van der Waals surface area (Å²) in [6, 6.07) is 18.0. The summed E-state index contributed by atoms with van der Waals surface area (Å²) in [7, 11) is 0. The molecule has 1 aliphatic heterocycles. The minimum Gasteiger partial charge on any atom is -0.378 e. The lowest BCUT2D eigenvalue weighted by Gasteiger charge is -2.27. The lowest BCUT2D eigenvalue weighted by atomic mass is 10.1. The van der Waals surface area contributed by atoms with Gasteiger partial charge in [-0.2, -0.15) is 20.1 Å². The van der Waals surface area contributed by atoms with Gasteiger partial charge in [0.25, 0.3) is 0 Å². The molecule has 1 aliphatic rings. The molecule has 32 heavy (non-hydrogen) atoms. The fourth-order valence-corrected chi connectivity index (χ4v) is 3.44. The van der Waals surface area contributed by atoms with Crippen molar-refractivity contribution < 1.29 is 4.74 Å². The van der Waals surface area contributed by atoms with Gasteiger partial charge in [0.15, 0.2) is 0 Å². The number of pyridine rings is 1. The molecule has 1 fully saturated rings. The summed E-state index contributed by atoms with van der Waals surface area (Å²) in [6.07, 6.45) is 5.12. The number of fused-ring (bicyclic) bond motifs is 1. The van der Waals surface area contributed by atoms with Crippen LogP contribution in [0.1, 0.15) is 5.56 Å². The van der Waals surface area contributed by atoms with Crippen LogP contribution in [0.4, 0.5) is 23.5 Å². The standard InChI is InChI=1S/C23H22N8O/c1-2-6-19-18(4-1)5-3-7-20(19)26-21-27-22(30-25-16-17-8-10-24-11-9-17)29-23(28-21)31-12-14-32-15-13-31/h1-11,16H,12-15H2,(H2,26,27,28,29,30). The second kappa shape index (κ2) is 9.36. The maximum absolute atomic E-state index is 5.47. The van der Waals surface area contributed by atoms with Crippen molar-refractivity contribution in [1.29, 1.82) is 0 Å². The summed E-state index contributed by atoms with van der Waals surface area (Å²) in [6.45, 7) is 2.72. The number of rotatable bonds is 6. The molecule has 9 nitrogen and oxygen atoms in total. The molecule has 0 bridgehead atoms. The molecule has 0 atom stereocenters. The Bertz CT molecular complexity index is 1220. The Morgan fingerprint density at radius 2 is 1.66 bits per heavy atom. The van der Waals surface area contributed by atoms with Crippen LogP contribution in [0.15, 0.2) is 72.1 Å². The van der Waals surface area contributed by atoms with E-state index in [-0.39, 0.29) is 0 Å². The van der Waals surface area contributed by atoms with Gasteiger partial charge in [0, 0.05) is 36.6 Å². The van der Waals surface area contributed by atoms with Crippen LogP contribution in [0.5, 0.6) is 0 Å². The quantitative estimate of drug-likeness (QED) is 0.357. The van der Waals surface area contributed by atoms with Crippen LogP contribution in [-0.4, -0.2) is 52.5 Å². The van der Waals surface area contributed by atoms with Crippen molar-refractivity contribution in [2.24, 2.45) is 5.10 Å². The highest BCUT2D eigenvalue weighted by Crippen LogP contribution is 2.26. The fraction of sp³-hybridized carbons (Fsp3) is 0.174. The summed E-state index contributed by atoms with van der Waals surface area (Å²) in [4.78, 5) is 19.8. The van der Waals surface area contributed by atoms with Gasteiger partial charge in [0.05, 0.1) is 19.4 Å². The molecule has 0 spiro atoms. The molecule has 0 saturated carbocycles. The molecule has 4 aromatic rings. The lowest BCUT2D eigenvalue weighted by molar-refractivity contribution is 0.122. The van der Waals surface area contributed by atoms with Gasteiger partial charge in [-0.15, -0.1) is 0 Å². The SMILES string of the molecule is C(=NNc1nc(Nc2cccc3ccccc23)nc(N2CCOCC2)n1)c1ccncc1. The van der Waals surface area contributed by atoms with Crippen molar-refractivity contribution in [3.05, 3.63) is 72.6 Å². The fourth-order valence-electron chi connectivity index (χ4n) is 3.44. The number of aromatic nitrogens is 4. The van der Waals surface area contributed by atoms with Gasteiger partial charge in [-0.3, -0.25) is 4.98 Å². The minimum absolute atomic E-state index is 0.356. The Balaban J connectivity index is 1.45. The largest absolute Gasteiger partial charge is 0.378 e. The molecule has 0 radical (unpaired) electrons. The molecule has 9 heteroatoms. The number of nitrogens with one attached hydrogen (secondary N) is 2.